The number of carbonyl (C=O) groups excluding carboxylic acids is 1. The fourth-order valence-electron chi connectivity index (χ4n) is 0.978. The average Bonchev–Trinajstić information content (AvgIpc) is 2.10. The standard InChI is InChI=1S/C10H12FNO2/c1-2-3-10(13)14-9-5-4-7(12)6-8(9)11/h4-6H,2-3,12H2,1H3. The van der Waals surface area contributed by atoms with Crippen LogP contribution < -0.4 is 10.5 Å². The van der Waals surface area contributed by atoms with Gasteiger partial charge in [0.2, 0.25) is 0 Å². The molecule has 0 fully saturated rings. The molecule has 0 atom stereocenters. The van der Waals surface area contributed by atoms with Crippen molar-refractivity contribution in [2.45, 2.75) is 19.8 Å². The Balaban J connectivity index is 2.72. The molecule has 0 aliphatic carbocycles. The number of carbonyl (C=O) groups is 1. The van der Waals surface area contributed by atoms with Crippen LogP contribution in [-0.4, -0.2) is 5.97 Å². The summed E-state index contributed by atoms with van der Waals surface area (Å²) in [6.07, 6.45) is 0.958. The molecule has 0 heterocycles. The lowest BCUT2D eigenvalue weighted by molar-refractivity contribution is -0.134. The summed E-state index contributed by atoms with van der Waals surface area (Å²) in [6.45, 7) is 1.85. The van der Waals surface area contributed by atoms with Gasteiger partial charge in [-0.25, -0.2) is 4.39 Å². The van der Waals surface area contributed by atoms with Crippen LogP contribution in [0.2, 0.25) is 0 Å². The fraction of sp³-hybridized carbons (Fsp3) is 0.300. The van der Waals surface area contributed by atoms with Gasteiger partial charge in [0.05, 0.1) is 0 Å². The van der Waals surface area contributed by atoms with Crippen LogP contribution in [0, 0.1) is 5.82 Å². The predicted octanol–water partition coefficient (Wildman–Crippen LogP) is 2.11. The molecular weight excluding hydrogens is 185 g/mol. The van der Waals surface area contributed by atoms with Gasteiger partial charge in [0.1, 0.15) is 0 Å². The van der Waals surface area contributed by atoms with Crippen LogP contribution in [-0.2, 0) is 4.79 Å². The number of halogens is 1. The van der Waals surface area contributed by atoms with Gasteiger partial charge in [0.25, 0.3) is 0 Å². The smallest absolute Gasteiger partial charge is 0.311 e. The van der Waals surface area contributed by atoms with E-state index in [1.807, 2.05) is 6.92 Å². The minimum atomic E-state index is -0.616. The maximum atomic E-state index is 13.1. The van der Waals surface area contributed by atoms with E-state index < -0.39 is 11.8 Å². The van der Waals surface area contributed by atoms with Crippen molar-refractivity contribution in [3.8, 4) is 5.75 Å². The maximum absolute atomic E-state index is 13.1. The Labute approximate surface area is 81.7 Å². The third-order valence-electron chi connectivity index (χ3n) is 1.63. The second kappa shape index (κ2) is 4.60. The zero-order valence-corrected chi connectivity index (χ0v) is 7.92. The number of nitrogen functional groups attached to an aromatic ring is 1. The van der Waals surface area contributed by atoms with E-state index in [1.54, 1.807) is 0 Å². The number of hydrogen-bond donors (Lipinski definition) is 1. The SMILES string of the molecule is CCCC(=O)Oc1ccc(N)cc1F. The molecular formula is C10H12FNO2. The largest absolute Gasteiger partial charge is 0.423 e. The van der Waals surface area contributed by atoms with Crippen LogP contribution >= 0.6 is 0 Å². The molecule has 0 aliphatic heterocycles. The van der Waals surface area contributed by atoms with E-state index in [0.29, 0.717) is 12.1 Å². The molecule has 14 heavy (non-hydrogen) atoms. The molecule has 4 heteroatoms. The Morgan fingerprint density at radius 1 is 1.57 bits per heavy atom. The molecule has 0 aliphatic rings. The summed E-state index contributed by atoms with van der Waals surface area (Å²) in [6, 6.07) is 3.95. The molecule has 3 nitrogen and oxygen atoms in total. The second-order valence-electron chi connectivity index (χ2n) is 2.91. The number of nitrogens with two attached hydrogens (primary N) is 1. The minimum Gasteiger partial charge on any atom is -0.423 e. The Morgan fingerprint density at radius 3 is 2.86 bits per heavy atom. The van der Waals surface area contributed by atoms with Crippen molar-refractivity contribution in [3.05, 3.63) is 24.0 Å². The number of hydrogen-bond acceptors (Lipinski definition) is 3. The Kier molecular flexibility index (Phi) is 3.45. The predicted molar refractivity (Wildman–Crippen MR) is 51.4 cm³/mol. The first-order valence-corrected chi connectivity index (χ1v) is 4.39. The van der Waals surface area contributed by atoms with Crippen molar-refractivity contribution in [3.63, 3.8) is 0 Å². The van der Waals surface area contributed by atoms with Crippen LogP contribution in [0.3, 0.4) is 0 Å². The number of benzene rings is 1. The normalized spacial score (nSPS) is 9.86. The van der Waals surface area contributed by atoms with Gasteiger partial charge in [0, 0.05) is 18.2 Å². The van der Waals surface area contributed by atoms with Crippen molar-refractivity contribution in [2.24, 2.45) is 0 Å². The molecule has 0 radical (unpaired) electrons. The lowest BCUT2D eigenvalue weighted by Gasteiger charge is -2.04. The van der Waals surface area contributed by atoms with E-state index >= 15 is 0 Å². The van der Waals surface area contributed by atoms with Gasteiger partial charge in [-0.15, -0.1) is 0 Å². The fourth-order valence-corrected chi connectivity index (χ4v) is 0.978. The lowest BCUT2D eigenvalue weighted by atomic mass is 10.3. The van der Waals surface area contributed by atoms with Crippen LogP contribution in [0.4, 0.5) is 10.1 Å². The lowest BCUT2D eigenvalue weighted by Crippen LogP contribution is -2.08. The van der Waals surface area contributed by atoms with E-state index in [-0.39, 0.29) is 12.2 Å². The van der Waals surface area contributed by atoms with Crippen molar-refractivity contribution in [1.82, 2.24) is 0 Å². The van der Waals surface area contributed by atoms with Crippen molar-refractivity contribution in [1.29, 1.82) is 0 Å². The zero-order valence-electron chi connectivity index (χ0n) is 7.92. The Hall–Kier alpha value is -1.58. The number of esters is 1. The Morgan fingerprint density at radius 2 is 2.29 bits per heavy atom. The number of anilines is 1. The van der Waals surface area contributed by atoms with Gasteiger partial charge in [0.15, 0.2) is 11.6 Å². The van der Waals surface area contributed by atoms with Gasteiger partial charge in [-0.05, 0) is 18.6 Å². The molecule has 0 unspecified atom stereocenters. The molecule has 1 aromatic carbocycles. The summed E-state index contributed by atoms with van der Waals surface area (Å²) in [5, 5.41) is 0. The van der Waals surface area contributed by atoms with Gasteiger partial charge < -0.3 is 10.5 Å². The summed E-state index contributed by atoms with van der Waals surface area (Å²) >= 11 is 0. The summed E-state index contributed by atoms with van der Waals surface area (Å²) in [4.78, 5) is 11.0. The summed E-state index contributed by atoms with van der Waals surface area (Å²) < 4.78 is 17.9. The molecule has 76 valence electrons. The van der Waals surface area contributed by atoms with Crippen molar-refractivity contribution < 1.29 is 13.9 Å². The van der Waals surface area contributed by atoms with Crippen LogP contribution in [0.1, 0.15) is 19.8 Å². The van der Waals surface area contributed by atoms with Gasteiger partial charge in [-0.1, -0.05) is 6.92 Å². The van der Waals surface area contributed by atoms with E-state index in [1.165, 1.54) is 12.1 Å². The van der Waals surface area contributed by atoms with Gasteiger partial charge >= 0.3 is 5.97 Å². The summed E-state index contributed by atoms with van der Waals surface area (Å²) in [5.74, 6) is -1.12. The molecule has 0 spiro atoms. The highest BCUT2D eigenvalue weighted by molar-refractivity contribution is 5.72. The van der Waals surface area contributed by atoms with E-state index in [4.69, 9.17) is 10.5 Å². The quantitative estimate of drug-likeness (QED) is 0.458. The zero-order chi connectivity index (χ0) is 10.6. The molecule has 0 saturated heterocycles. The van der Waals surface area contributed by atoms with Crippen LogP contribution in [0.5, 0.6) is 5.75 Å². The topological polar surface area (TPSA) is 52.3 Å². The highest BCUT2D eigenvalue weighted by Gasteiger charge is 2.08. The third kappa shape index (κ3) is 2.73. The molecule has 1 rings (SSSR count). The van der Waals surface area contributed by atoms with Crippen molar-refractivity contribution >= 4 is 11.7 Å². The van der Waals surface area contributed by atoms with Crippen LogP contribution in [0.15, 0.2) is 18.2 Å². The van der Waals surface area contributed by atoms with Crippen molar-refractivity contribution in [2.75, 3.05) is 5.73 Å². The van der Waals surface area contributed by atoms with Gasteiger partial charge in [-0.2, -0.15) is 0 Å². The van der Waals surface area contributed by atoms with Crippen LogP contribution in [0.25, 0.3) is 0 Å². The first-order valence-electron chi connectivity index (χ1n) is 4.39. The molecule has 1 aromatic rings. The molecule has 0 aromatic heterocycles. The van der Waals surface area contributed by atoms with E-state index in [0.717, 1.165) is 6.07 Å². The first kappa shape index (κ1) is 10.5. The van der Waals surface area contributed by atoms with E-state index in [9.17, 15) is 9.18 Å². The second-order valence-corrected chi connectivity index (χ2v) is 2.91. The molecule has 0 bridgehead atoms. The third-order valence-corrected chi connectivity index (χ3v) is 1.63. The highest BCUT2D eigenvalue weighted by Crippen LogP contribution is 2.19. The summed E-state index contributed by atoms with van der Waals surface area (Å²) in [5.41, 5.74) is 5.64. The molecule has 2 N–H and O–H groups in total. The molecule has 0 saturated carbocycles. The maximum Gasteiger partial charge on any atom is 0.311 e. The summed E-state index contributed by atoms with van der Waals surface area (Å²) in [7, 11) is 0. The highest BCUT2D eigenvalue weighted by atomic mass is 19.1. The minimum absolute atomic E-state index is 0.0716. The number of ether oxygens (including phenoxy) is 1. The average molecular weight is 197 g/mol. The Bertz CT molecular complexity index is 339. The first-order chi connectivity index (χ1) is 6.63. The monoisotopic (exact) mass is 197 g/mol. The molecule has 0 amide bonds. The van der Waals surface area contributed by atoms with E-state index in [2.05, 4.69) is 0 Å². The number of rotatable bonds is 3. The van der Waals surface area contributed by atoms with Gasteiger partial charge in [-0.3, -0.25) is 4.79 Å².